The highest BCUT2D eigenvalue weighted by Crippen LogP contribution is 2.60. The summed E-state index contributed by atoms with van der Waals surface area (Å²) >= 11 is 0. The number of aryl methyl sites for hydroxylation is 1. The topological polar surface area (TPSA) is 85.2 Å². The molecule has 1 heterocycles. The predicted molar refractivity (Wildman–Crippen MR) is 150 cm³/mol. The molecular formula is C32H36N4O3. The molecule has 0 radical (unpaired) electrons. The van der Waals surface area contributed by atoms with Gasteiger partial charge in [-0.2, -0.15) is 0 Å². The van der Waals surface area contributed by atoms with Gasteiger partial charge in [-0.15, -0.1) is 0 Å². The van der Waals surface area contributed by atoms with Crippen LogP contribution in [0.3, 0.4) is 0 Å². The number of hydrogen-bond donors (Lipinski definition) is 2. The molecule has 0 unspecified atom stereocenters. The Labute approximate surface area is 229 Å². The van der Waals surface area contributed by atoms with E-state index < -0.39 is 0 Å². The summed E-state index contributed by atoms with van der Waals surface area (Å²) in [6.45, 7) is 1.34. The van der Waals surface area contributed by atoms with Crippen molar-refractivity contribution in [3.05, 3.63) is 90.7 Å². The van der Waals surface area contributed by atoms with Gasteiger partial charge in [-0.05, 0) is 104 Å². The Hall–Kier alpha value is -3.87. The zero-order valence-electron chi connectivity index (χ0n) is 22.2. The minimum Gasteiger partial charge on any atom is -0.465 e. The average molecular weight is 525 g/mol. The molecule has 39 heavy (non-hydrogen) atoms. The normalized spacial score (nSPS) is 25.1. The summed E-state index contributed by atoms with van der Waals surface area (Å²) in [5.41, 5.74) is 2.87. The molecule has 0 aliphatic heterocycles. The fraction of sp³-hybridized carbons (Fsp3) is 0.406. The molecule has 4 aliphatic rings. The summed E-state index contributed by atoms with van der Waals surface area (Å²) in [4.78, 5) is 28.9. The molecule has 202 valence electrons. The Morgan fingerprint density at radius 3 is 2.46 bits per heavy atom. The Balaban J connectivity index is 0.973. The summed E-state index contributed by atoms with van der Waals surface area (Å²) in [5.74, 6) is 2.98. The standard InChI is InChI=1S/C32H36N4O3/c37-30(35-28-4-1-3-26(18-28)31(38)34-10-2-12-36-13-11-33-22-36)9-14-39-29-7-5-27(6-8-29)32-19-23-15-24(20-32)17-25(16-23)21-32/h1,3-9,11,13-14,18,22-25H,2,10,12,15-17,19-21H2,(H,34,38)(H,35,37). The molecule has 4 fully saturated rings. The smallest absolute Gasteiger partial charge is 0.251 e. The molecule has 1 aromatic heterocycles. The van der Waals surface area contributed by atoms with Gasteiger partial charge >= 0.3 is 0 Å². The minimum atomic E-state index is -0.321. The van der Waals surface area contributed by atoms with E-state index in [0.717, 1.165) is 36.5 Å². The third-order valence-corrected chi connectivity index (χ3v) is 8.76. The van der Waals surface area contributed by atoms with Crippen LogP contribution in [0.5, 0.6) is 5.75 Å². The second kappa shape index (κ2) is 11.1. The lowest BCUT2D eigenvalue weighted by atomic mass is 9.48. The van der Waals surface area contributed by atoms with Crippen molar-refractivity contribution in [3.63, 3.8) is 0 Å². The van der Waals surface area contributed by atoms with Gasteiger partial charge in [0.2, 0.25) is 0 Å². The number of carbonyl (C=O) groups is 2. The Bertz CT molecular complexity index is 1290. The monoisotopic (exact) mass is 524 g/mol. The first-order valence-electron chi connectivity index (χ1n) is 14.1. The van der Waals surface area contributed by atoms with Gasteiger partial charge < -0.3 is 19.9 Å². The largest absolute Gasteiger partial charge is 0.465 e. The van der Waals surface area contributed by atoms with Gasteiger partial charge in [0.05, 0.1) is 12.6 Å². The summed E-state index contributed by atoms with van der Waals surface area (Å²) < 4.78 is 7.69. The predicted octanol–water partition coefficient (Wildman–Crippen LogP) is 5.70. The fourth-order valence-corrected chi connectivity index (χ4v) is 7.43. The molecule has 2 aromatic carbocycles. The van der Waals surface area contributed by atoms with Gasteiger partial charge in [0.1, 0.15) is 5.75 Å². The first-order chi connectivity index (χ1) is 19.0. The molecule has 2 amide bonds. The van der Waals surface area contributed by atoms with Gasteiger partial charge in [0, 0.05) is 42.8 Å². The Morgan fingerprint density at radius 1 is 1.03 bits per heavy atom. The maximum Gasteiger partial charge on any atom is 0.251 e. The summed E-state index contributed by atoms with van der Waals surface area (Å²) in [5, 5.41) is 5.71. The van der Waals surface area contributed by atoms with E-state index >= 15 is 0 Å². The number of rotatable bonds is 10. The maximum atomic E-state index is 12.5. The van der Waals surface area contributed by atoms with Crippen LogP contribution in [-0.2, 0) is 16.8 Å². The molecule has 4 saturated carbocycles. The van der Waals surface area contributed by atoms with Crippen LogP contribution in [0.1, 0.15) is 60.9 Å². The fourth-order valence-electron chi connectivity index (χ4n) is 7.43. The van der Waals surface area contributed by atoms with E-state index in [1.54, 1.807) is 36.8 Å². The molecule has 4 bridgehead atoms. The van der Waals surface area contributed by atoms with Crippen LogP contribution in [0.25, 0.3) is 0 Å². The van der Waals surface area contributed by atoms with E-state index in [9.17, 15) is 9.59 Å². The number of imidazole rings is 1. The van der Waals surface area contributed by atoms with Gasteiger partial charge in [0.15, 0.2) is 0 Å². The van der Waals surface area contributed by atoms with Crippen LogP contribution >= 0.6 is 0 Å². The van der Waals surface area contributed by atoms with Crippen LogP contribution in [0.15, 0.2) is 79.6 Å². The van der Waals surface area contributed by atoms with Crippen molar-refractivity contribution in [2.75, 3.05) is 11.9 Å². The highest BCUT2D eigenvalue weighted by Gasteiger charge is 2.51. The summed E-state index contributed by atoms with van der Waals surface area (Å²) in [6, 6.07) is 15.4. The molecule has 7 rings (SSSR count). The van der Waals surface area contributed by atoms with Crippen molar-refractivity contribution in [2.24, 2.45) is 17.8 Å². The van der Waals surface area contributed by atoms with Crippen molar-refractivity contribution >= 4 is 17.5 Å². The molecular weight excluding hydrogens is 488 g/mol. The number of carbonyl (C=O) groups excluding carboxylic acids is 2. The van der Waals surface area contributed by atoms with Crippen LogP contribution in [0.2, 0.25) is 0 Å². The SMILES string of the molecule is O=C(C=COc1ccc(C23CC4CC(CC(C4)C2)C3)cc1)Nc1cccc(C(=O)NCCCn2ccnc2)c1. The number of benzene rings is 2. The lowest BCUT2D eigenvalue weighted by Gasteiger charge is -2.57. The summed E-state index contributed by atoms with van der Waals surface area (Å²) in [7, 11) is 0. The Morgan fingerprint density at radius 2 is 1.77 bits per heavy atom. The van der Waals surface area contributed by atoms with Crippen molar-refractivity contribution in [1.29, 1.82) is 0 Å². The number of anilines is 1. The molecule has 0 atom stereocenters. The second-order valence-electron chi connectivity index (χ2n) is 11.6. The quantitative estimate of drug-likeness (QED) is 0.202. The van der Waals surface area contributed by atoms with Crippen LogP contribution < -0.4 is 15.4 Å². The molecule has 7 nitrogen and oxygen atoms in total. The number of aromatic nitrogens is 2. The lowest BCUT2D eigenvalue weighted by molar-refractivity contribution is -0.112. The van der Waals surface area contributed by atoms with E-state index in [1.165, 1.54) is 56.4 Å². The van der Waals surface area contributed by atoms with E-state index in [0.29, 0.717) is 23.2 Å². The zero-order valence-corrected chi connectivity index (χ0v) is 22.2. The third-order valence-electron chi connectivity index (χ3n) is 8.76. The highest BCUT2D eigenvalue weighted by molar-refractivity contribution is 6.01. The number of nitrogens with one attached hydrogen (secondary N) is 2. The minimum absolute atomic E-state index is 0.174. The van der Waals surface area contributed by atoms with Gasteiger partial charge in [-0.25, -0.2) is 4.98 Å². The van der Waals surface area contributed by atoms with Crippen LogP contribution in [-0.4, -0.2) is 27.9 Å². The van der Waals surface area contributed by atoms with Gasteiger partial charge in [0.25, 0.3) is 11.8 Å². The number of nitrogens with zero attached hydrogens (tertiary/aromatic N) is 2. The summed E-state index contributed by atoms with van der Waals surface area (Å²) in [6.07, 6.45) is 17.3. The zero-order chi connectivity index (χ0) is 26.7. The van der Waals surface area contributed by atoms with E-state index in [1.807, 2.05) is 22.9 Å². The van der Waals surface area contributed by atoms with Crippen LogP contribution in [0, 0.1) is 17.8 Å². The molecule has 0 saturated heterocycles. The van der Waals surface area contributed by atoms with Crippen molar-refractivity contribution in [3.8, 4) is 5.75 Å². The van der Waals surface area contributed by atoms with Crippen molar-refractivity contribution in [1.82, 2.24) is 14.9 Å². The molecule has 0 spiro atoms. The number of hydrogen-bond acceptors (Lipinski definition) is 4. The molecule has 3 aromatic rings. The van der Waals surface area contributed by atoms with Crippen molar-refractivity contribution in [2.45, 2.75) is 56.9 Å². The van der Waals surface area contributed by atoms with E-state index in [2.05, 4.69) is 27.8 Å². The van der Waals surface area contributed by atoms with Crippen molar-refractivity contribution < 1.29 is 14.3 Å². The van der Waals surface area contributed by atoms with Gasteiger partial charge in [-0.1, -0.05) is 18.2 Å². The molecule has 7 heteroatoms. The Kier molecular flexibility index (Phi) is 7.22. The molecule has 4 aliphatic carbocycles. The highest BCUT2D eigenvalue weighted by atomic mass is 16.5. The number of amides is 2. The van der Waals surface area contributed by atoms with Gasteiger partial charge in [-0.3, -0.25) is 9.59 Å². The van der Waals surface area contributed by atoms with E-state index in [4.69, 9.17) is 4.74 Å². The second-order valence-corrected chi connectivity index (χ2v) is 11.6. The molecule has 2 N–H and O–H groups in total. The average Bonchev–Trinajstić information content (AvgIpc) is 3.44. The van der Waals surface area contributed by atoms with Crippen LogP contribution in [0.4, 0.5) is 5.69 Å². The first kappa shape index (κ1) is 25.4. The maximum absolute atomic E-state index is 12.5. The number of ether oxygens (including phenoxy) is 1. The van der Waals surface area contributed by atoms with E-state index in [-0.39, 0.29) is 11.8 Å². The first-order valence-corrected chi connectivity index (χ1v) is 14.1. The third kappa shape index (κ3) is 5.92. The lowest BCUT2D eigenvalue weighted by Crippen LogP contribution is -2.48.